The molecule has 0 N–H and O–H groups in total. The number of hydrogen-bond acceptors (Lipinski definition) is 1. The number of halogens is 6. The van der Waals surface area contributed by atoms with Crippen LogP contribution in [-0.4, -0.2) is 10.9 Å². The SMILES string of the molecule is CCC1(C)C(Br)CC1Oc1c(F)c(F)c(F)c(F)c1F. The van der Waals surface area contributed by atoms with E-state index in [1.807, 2.05) is 13.8 Å². The highest BCUT2D eigenvalue weighted by molar-refractivity contribution is 9.09. The van der Waals surface area contributed by atoms with Gasteiger partial charge in [0.25, 0.3) is 0 Å². The van der Waals surface area contributed by atoms with Gasteiger partial charge in [0.2, 0.25) is 29.1 Å². The van der Waals surface area contributed by atoms with Crippen LogP contribution in [0.4, 0.5) is 22.0 Å². The van der Waals surface area contributed by atoms with Crippen LogP contribution in [0.5, 0.6) is 5.75 Å². The van der Waals surface area contributed by atoms with Crippen molar-refractivity contribution in [3.8, 4) is 5.75 Å². The van der Waals surface area contributed by atoms with Crippen molar-refractivity contribution >= 4 is 15.9 Å². The van der Waals surface area contributed by atoms with Gasteiger partial charge in [0.05, 0.1) is 0 Å². The van der Waals surface area contributed by atoms with E-state index in [-0.39, 0.29) is 4.83 Å². The summed E-state index contributed by atoms with van der Waals surface area (Å²) in [5.41, 5.74) is -0.416. The molecule has 0 aliphatic heterocycles. The third-order valence-corrected chi connectivity index (χ3v) is 5.48. The van der Waals surface area contributed by atoms with Gasteiger partial charge in [0.15, 0.2) is 5.75 Å². The summed E-state index contributed by atoms with van der Waals surface area (Å²) in [5, 5.41) is 0. The van der Waals surface area contributed by atoms with Crippen LogP contribution in [0.1, 0.15) is 26.7 Å². The summed E-state index contributed by atoms with van der Waals surface area (Å²) in [6.45, 7) is 3.69. The first kappa shape index (κ1) is 15.5. The molecular formula is C13H12BrF5O. The van der Waals surface area contributed by atoms with Gasteiger partial charge in [-0.25, -0.2) is 13.2 Å². The van der Waals surface area contributed by atoms with Crippen molar-refractivity contribution in [1.29, 1.82) is 0 Å². The Bertz CT molecular complexity index is 521. The Morgan fingerprint density at radius 1 is 1.05 bits per heavy atom. The Hall–Kier alpha value is -0.850. The summed E-state index contributed by atoms with van der Waals surface area (Å²) in [5.74, 6) is -11.2. The number of rotatable bonds is 3. The van der Waals surface area contributed by atoms with Gasteiger partial charge in [-0.05, 0) is 12.8 Å². The van der Waals surface area contributed by atoms with Crippen molar-refractivity contribution in [3.05, 3.63) is 29.1 Å². The van der Waals surface area contributed by atoms with E-state index in [2.05, 4.69) is 15.9 Å². The lowest BCUT2D eigenvalue weighted by Gasteiger charge is -2.50. The van der Waals surface area contributed by atoms with Gasteiger partial charge < -0.3 is 4.74 Å². The molecule has 1 nitrogen and oxygen atoms in total. The Morgan fingerprint density at radius 2 is 1.50 bits per heavy atom. The zero-order valence-corrected chi connectivity index (χ0v) is 12.3. The molecule has 0 bridgehead atoms. The first-order valence-electron chi connectivity index (χ1n) is 6.06. The molecule has 0 heterocycles. The summed E-state index contributed by atoms with van der Waals surface area (Å²) < 4.78 is 71.2. The van der Waals surface area contributed by atoms with Crippen molar-refractivity contribution in [2.45, 2.75) is 37.6 Å². The number of alkyl halides is 1. The maximum atomic E-state index is 13.5. The summed E-state index contributed by atoms with van der Waals surface area (Å²) >= 11 is 3.40. The van der Waals surface area contributed by atoms with E-state index in [9.17, 15) is 22.0 Å². The molecule has 0 radical (unpaired) electrons. The van der Waals surface area contributed by atoms with E-state index in [0.29, 0.717) is 12.8 Å². The van der Waals surface area contributed by atoms with E-state index >= 15 is 0 Å². The molecule has 0 amide bonds. The number of hydrogen-bond donors (Lipinski definition) is 0. The Labute approximate surface area is 121 Å². The molecule has 1 fully saturated rings. The zero-order chi connectivity index (χ0) is 15.2. The minimum absolute atomic E-state index is 0.0752. The van der Waals surface area contributed by atoms with Crippen LogP contribution in [0, 0.1) is 34.5 Å². The Balaban J connectivity index is 2.37. The molecule has 1 saturated carbocycles. The summed E-state index contributed by atoms with van der Waals surface area (Å²) in [7, 11) is 0. The maximum absolute atomic E-state index is 13.5. The van der Waals surface area contributed by atoms with Crippen LogP contribution in [0.25, 0.3) is 0 Å². The normalized spacial score (nSPS) is 29.2. The van der Waals surface area contributed by atoms with Crippen LogP contribution in [0.15, 0.2) is 0 Å². The van der Waals surface area contributed by atoms with Crippen molar-refractivity contribution in [1.82, 2.24) is 0 Å². The molecule has 20 heavy (non-hydrogen) atoms. The fourth-order valence-electron chi connectivity index (χ4n) is 2.23. The highest BCUT2D eigenvalue weighted by Crippen LogP contribution is 2.50. The lowest BCUT2D eigenvalue weighted by molar-refractivity contribution is -0.0296. The monoisotopic (exact) mass is 358 g/mol. The van der Waals surface area contributed by atoms with Crippen LogP contribution in [0.3, 0.4) is 0 Å². The molecule has 3 unspecified atom stereocenters. The van der Waals surface area contributed by atoms with E-state index in [1.165, 1.54) is 0 Å². The minimum atomic E-state index is -2.18. The minimum Gasteiger partial charge on any atom is -0.484 e. The number of ether oxygens (including phenoxy) is 1. The van der Waals surface area contributed by atoms with Crippen molar-refractivity contribution in [2.75, 3.05) is 0 Å². The van der Waals surface area contributed by atoms with Crippen LogP contribution >= 0.6 is 15.9 Å². The fraction of sp³-hybridized carbons (Fsp3) is 0.538. The summed E-state index contributed by atoms with van der Waals surface area (Å²) in [6, 6.07) is 0. The molecule has 1 aliphatic carbocycles. The van der Waals surface area contributed by atoms with Crippen LogP contribution in [0.2, 0.25) is 0 Å². The van der Waals surface area contributed by atoms with Gasteiger partial charge in [0, 0.05) is 10.2 Å². The second-order valence-corrected chi connectivity index (χ2v) is 6.17. The lowest BCUT2D eigenvalue weighted by Crippen LogP contribution is -2.55. The molecule has 1 aliphatic rings. The van der Waals surface area contributed by atoms with Crippen molar-refractivity contribution in [2.24, 2.45) is 5.41 Å². The smallest absolute Gasteiger partial charge is 0.207 e. The van der Waals surface area contributed by atoms with E-state index in [4.69, 9.17) is 4.74 Å². The van der Waals surface area contributed by atoms with Gasteiger partial charge in [0.1, 0.15) is 6.10 Å². The number of benzene rings is 1. The average molecular weight is 359 g/mol. The van der Waals surface area contributed by atoms with Gasteiger partial charge in [-0.15, -0.1) is 0 Å². The molecular weight excluding hydrogens is 347 g/mol. The Morgan fingerprint density at radius 3 is 1.90 bits per heavy atom. The first-order valence-corrected chi connectivity index (χ1v) is 6.97. The molecule has 7 heteroatoms. The van der Waals surface area contributed by atoms with Gasteiger partial charge in [-0.1, -0.05) is 29.8 Å². The van der Waals surface area contributed by atoms with Crippen LogP contribution in [-0.2, 0) is 0 Å². The fourth-order valence-corrected chi connectivity index (χ4v) is 3.19. The van der Waals surface area contributed by atoms with Crippen molar-refractivity contribution < 1.29 is 26.7 Å². The second kappa shape index (κ2) is 5.16. The van der Waals surface area contributed by atoms with Gasteiger partial charge in [-0.3, -0.25) is 0 Å². The summed E-state index contributed by atoms with van der Waals surface area (Å²) in [6.07, 6.45) is 0.470. The molecule has 2 rings (SSSR count). The predicted octanol–water partition coefficient (Wildman–Crippen LogP) is 4.71. The van der Waals surface area contributed by atoms with Gasteiger partial charge in [-0.2, -0.15) is 8.78 Å². The van der Waals surface area contributed by atoms with Crippen LogP contribution < -0.4 is 4.74 Å². The van der Waals surface area contributed by atoms with E-state index in [1.54, 1.807) is 0 Å². The van der Waals surface area contributed by atoms with Crippen molar-refractivity contribution in [3.63, 3.8) is 0 Å². The van der Waals surface area contributed by atoms with Gasteiger partial charge >= 0.3 is 0 Å². The molecule has 1 aromatic carbocycles. The molecule has 0 saturated heterocycles. The second-order valence-electron chi connectivity index (χ2n) is 5.07. The molecule has 0 spiro atoms. The third kappa shape index (κ3) is 2.10. The van der Waals surface area contributed by atoms with E-state index in [0.717, 1.165) is 0 Å². The topological polar surface area (TPSA) is 9.23 Å². The van der Waals surface area contributed by atoms with E-state index < -0.39 is 46.4 Å². The highest BCUT2D eigenvalue weighted by Gasteiger charge is 2.51. The standard InChI is InChI=1S/C13H12BrF5O/c1-3-13(2)5(14)4-6(13)20-12-10(18)8(16)7(15)9(17)11(12)19/h5-6H,3-4H2,1-2H3. The quantitative estimate of drug-likeness (QED) is 0.329. The first-order chi connectivity index (χ1) is 9.24. The zero-order valence-electron chi connectivity index (χ0n) is 10.7. The predicted molar refractivity (Wildman–Crippen MR) is 66.4 cm³/mol. The largest absolute Gasteiger partial charge is 0.484 e. The maximum Gasteiger partial charge on any atom is 0.207 e. The summed E-state index contributed by atoms with van der Waals surface area (Å²) in [4.78, 5) is 0.0752. The third-order valence-electron chi connectivity index (χ3n) is 4.06. The molecule has 0 aromatic heterocycles. The molecule has 1 aromatic rings. The highest BCUT2D eigenvalue weighted by atomic mass is 79.9. The Kier molecular flexibility index (Phi) is 4.01. The molecule has 112 valence electrons. The average Bonchev–Trinajstić information content (AvgIpc) is 2.45. The molecule has 3 atom stereocenters. The lowest BCUT2D eigenvalue weighted by atomic mass is 9.65.